The predicted molar refractivity (Wildman–Crippen MR) is 34.4 cm³/mol. The van der Waals surface area contributed by atoms with Crippen molar-refractivity contribution in [2.45, 2.75) is 0 Å². The summed E-state index contributed by atoms with van der Waals surface area (Å²) in [7, 11) is 5.50. The zero-order valence-corrected chi connectivity index (χ0v) is 5.47. The molecule has 0 amide bonds. The molecule has 0 saturated heterocycles. The van der Waals surface area contributed by atoms with Crippen LogP contribution >= 0.6 is 0 Å². The molecule has 3 N–H and O–H groups in total. The summed E-state index contributed by atoms with van der Waals surface area (Å²) in [6.07, 6.45) is 0. The molecule has 0 fully saturated rings. The molecule has 4 heteroatoms. The fraction of sp³-hybridized carbons (Fsp3) is 0.750. The van der Waals surface area contributed by atoms with Gasteiger partial charge in [0.15, 0.2) is 0 Å². The van der Waals surface area contributed by atoms with E-state index in [-0.39, 0.29) is 0 Å². The van der Waals surface area contributed by atoms with Crippen LogP contribution in [0.15, 0.2) is 5.10 Å². The van der Waals surface area contributed by atoms with Gasteiger partial charge >= 0.3 is 0 Å². The zero-order chi connectivity index (χ0) is 6.57. The van der Waals surface area contributed by atoms with Gasteiger partial charge in [-0.15, -0.1) is 5.10 Å². The lowest BCUT2D eigenvalue weighted by Crippen LogP contribution is -2.34. The van der Waals surface area contributed by atoms with E-state index in [1.54, 1.807) is 11.9 Å². The number of nitrogens with zero attached hydrogens (tertiary/aromatic N) is 2. The predicted octanol–water partition coefficient (Wildman–Crippen LogP) is -1.00. The van der Waals surface area contributed by atoms with E-state index in [4.69, 9.17) is 5.84 Å². The average molecular weight is 116 g/mol. The largest absolute Gasteiger partial charge is 0.358 e. The Morgan fingerprint density at radius 3 is 2.12 bits per heavy atom. The first-order valence-corrected chi connectivity index (χ1v) is 2.35. The highest BCUT2D eigenvalue weighted by Crippen LogP contribution is 1.71. The summed E-state index contributed by atoms with van der Waals surface area (Å²) < 4.78 is 0. The Labute approximate surface area is 49.3 Å². The number of guanidine groups is 1. The first kappa shape index (κ1) is 7.07. The Morgan fingerprint density at radius 1 is 1.62 bits per heavy atom. The van der Waals surface area contributed by atoms with Gasteiger partial charge in [-0.2, -0.15) is 0 Å². The summed E-state index contributed by atoms with van der Waals surface area (Å²) in [5, 5.41) is 6.24. The molecule has 0 aromatic heterocycles. The molecule has 0 atom stereocenters. The minimum Gasteiger partial charge on any atom is -0.358 e. The Bertz CT molecular complexity index is 86.0. The van der Waals surface area contributed by atoms with Gasteiger partial charge in [0.25, 0.3) is 0 Å². The molecule has 8 heavy (non-hydrogen) atoms. The maximum absolute atomic E-state index is 4.97. The molecule has 4 nitrogen and oxygen atoms in total. The highest BCUT2D eigenvalue weighted by molar-refractivity contribution is 5.78. The molecular formula is C4H12N4. The molecule has 0 rings (SSSR count). The third-order valence-electron chi connectivity index (χ3n) is 0.769. The quantitative estimate of drug-likeness (QED) is 0.185. The van der Waals surface area contributed by atoms with Gasteiger partial charge in [-0.3, -0.25) is 0 Å². The SMILES string of the molecule is CNC(=NN)N(C)C. The second-order valence-corrected chi connectivity index (χ2v) is 1.60. The molecule has 0 spiro atoms. The van der Waals surface area contributed by atoms with Crippen LogP contribution in [0.3, 0.4) is 0 Å². The molecule has 48 valence electrons. The second-order valence-electron chi connectivity index (χ2n) is 1.60. The summed E-state index contributed by atoms with van der Waals surface area (Å²) in [6, 6.07) is 0. The van der Waals surface area contributed by atoms with Gasteiger partial charge < -0.3 is 16.1 Å². The van der Waals surface area contributed by atoms with Crippen LogP contribution in [0.1, 0.15) is 0 Å². The number of hydrogen-bond acceptors (Lipinski definition) is 2. The molecule has 0 saturated carbocycles. The summed E-state index contributed by atoms with van der Waals surface area (Å²) in [6.45, 7) is 0. The Balaban J connectivity index is 3.72. The van der Waals surface area contributed by atoms with Crippen molar-refractivity contribution in [2.75, 3.05) is 21.1 Å². The molecule has 0 aromatic rings. The van der Waals surface area contributed by atoms with Crippen LogP contribution in [0.4, 0.5) is 0 Å². The van der Waals surface area contributed by atoms with Gasteiger partial charge in [-0.05, 0) is 0 Å². The van der Waals surface area contributed by atoms with Crippen LogP contribution in [0.2, 0.25) is 0 Å². The molecule has 0 heterocycles. The fourth-order valence-corrected chi connectivity index (χ4v) is 0.404. The fourth-order valence-electron chi connectivity index (χ4n) is 0.404. The molecule has 0 aromatic carbocycles. The van der Waals surface area contributed by atoms with Crippen LogP contribution in [-0.4, -0.2) is 32.0 Å². The maximum Gasteiger partial charge on any atom is 0.215 e. The standard InChI is InChI=1S/C4H12N4/c1-6-4(7-5)8(2)3/h5H2,1-3H3,(H,6,7). The van der Waals surface area contributed by atoms with Crippen LogP contribution in [0.25, 0.3) is 0 Å². The van der Waals surface area contributed by atoms with E-state index in [0.717, 1.165) is 0 Å². The number of nitrogens with one attached hydrogen (secondary N) is 1. The molecular weight excluding hydrogens is 104 g/mol. The Kier molecular flexibility index (Phi) is 2.76. The van der Waals surface area contributed by atoms with Crippen LogP contribution in [0.5, 0.6) is 0 Å². The molecule has 0 aliphatic rings. The van der Waals surface area contributed by atoms with Crippen molar-refractivity contribution in [3.63, 3.8) is 0 Å². The van der Waals surface area contributed by atoms with Crippen molar-refractivity contribution in [1.29, 1.82) is 0 Å². The summed E-state index contributed by atoms with van der Waals surface area (Å²) >= 11 is 0. The van der Waals surface area contributed by atoms with E-state index in [9.17, 15) is 0 Å². The lowest BCUT2D eigenvalue weighted by Gasteiger charge is -2.12. The van der Waals surface area contributed by atoms with Gasteiger partial charge in [0.1, 0.15) is 0 Å². The van der Waals surface area contributed by atoms with Crippen molar-refractivity contribution in [2.24, 2.45) is 10.9 Å². The highest BCUT2D eigenvalue weighted by Gasteiger charge is 1.92. The van der Waals surface area contributed by atoms with Crippen molar-refractivity contribution < 1.29 is 0 Å². The second kappa shape index (κ2) is 3.12. The summed E-state index contributed by atoms with van der Waals surface area (Å²) in [5.41, 5.74) is 0. The smallest absolute Gasteiger partial charge is 0.215 e. The van der Waals surface area contributed by atoms with Gasteiger partial charge in [0.2, 0.25) is 5.96 Å². The summed E-state index contributed by atoms with van der Waals surface area (Å²) in [5.74, 6) is 5.64. The normalized spacial score (nSPS) is 11.1. The van der Waals surface area contributed by atoms with E-state index in [0.29, 0.717) is 5.96 Å². The van der Waals surface area contributed by atoms with Gasteiger partial charge in [-0.1, -0.05) is 0 Å². The van der Waals surface area contributed by atoms with E-state index < -0.39 is 0 Å². The minimum absolute atomic E-state index is 0.671. The lowest BCUT2D eigenvalue weighted by atomic mass is 10.8. The van der Waals surface area contributed by atoms with Gasteiger partial charge in [0, 0.05) is 21.1 Å². The Hall–Kier alpha value is -0.930. The van der Waals surface area contributed by atoms with Gasteiger partial charge in [-0.25, -0.2) is 0 Å². The molecule has 0 aliphatic heterocycles. The zero-order valence-electron chi connectivity index (χ0n) is 5.47. The number of rotatable bonds is 0. The van der Waals surface area contributed by atoms with Crippen molar-refractivity contribution in [3.05, 3.63) is 0 Å². The topological polar surface area (TPSA) is 53.6 Å². The van der Waals surface area contributed by atoms with E-state index in [1.165, 1.54) is 0 Å². The number of nitrogens with two attached hydrogens (primary N) is 1. The van der Waals surface area contributed by atoms with Gasteiger partial charge in [0.05, 0.1) is 0 Å². The molecule has 0 radical (unpaired) electrons. The highest BCUT2D eigenvalue weighted by atomic mass is 15.3. The number of hydrazone groups is 1. The van der Waals surface area contributed by atoms with Crippen molar-refractivity contribution in [3.8, 4) is 0 Å². The molecule has 0 unspecified atom stereocenters. The maximum atomic E-state index is 4.97. The Morgan fingerprint density at radius 2 is 2.12 bits per heavy atom. The molecule has 0 aliphatic carbocycles. The van der Waals surface area contributed by atoms with Crippen molar-refractivity contribution >= 4 is 5.96 Å². The van der Waals surface area contributed by atoms with Crippen LogP contribution in [-0.2, 0) is 0 Å². The van der Waals surface area contributed by atoms with E-state index >= 15 is 0 Å². The van der Waals surface area contributed by atoms with E-state index in [2.05, 4.69) is 10.4 Å². The average Bonchev–Trinajstić information content (AvgIpc) is 1.69. The first-order valence-electron chi connectivity index (χ1n) is 2.35. The van der Waals surface area contributed by atoms with Crippen molar-refractivity contribution in [1.82, 2.24) is 10.2 Å². The van der Waals surface area contributed by atoms with E-state index in [1.807, 2.05) is 14.1 Å². The first-order chi connectivity index (χ1) is 3.72. The third kappa shape index (κ3) is 1.68. The molecule has 0 bridgehead atoms. The lowest BCUT2D eigenvalue weighted by molar-refractivity contribution is 0.593. The minimum atomic E-state index is 0.671. The third-order valence-corrected chi connectivity index (χ3v) is 0.769. The summed E-state index contributed by atoms with van der Waals surface area (Å²) in [4.78, 5) is 1.79. The monoisotopic (exact) mass is 116 g/mol. The van der Waals surface area contributed by atoms with Crippen LogP contribution < -0.4 is 11.2 Å². The number of hydrogen-bond donors (Lipinski definition) is 2. The van der Waals surface area contributed by atoms with Crippen LogP contribution in [0, 0.1) is 0 Å².